The van der Waals surface area contributed by atoms with E-state index in [0.29, 0.717) is 43.4 Å². The Bertz CT molecular complexity index is 381. The molecular formula is C10H16N4O2. The van der Waals surface area contributed by atoms with Gasteiger partial charge in [-0.2, -0.15) is 10.4 Å². The van der Waals surface area contributed by atoms with Gasteiger partial charge in [-0.25, -0.2) is 4.68 Å². The van der Waals surface area contributed by atoms with Crippen LogP contribution in [0.5, 0.6) is 0 Å². The van der Waals surface area contributed by atoms with Gasteiger partial charge in [0.25, 0.3) is 0 Å². The zero-order chi connectivity index (χ0) is 12.0. The topological polar surface area (TPSA) is 86.1 Å². The van der Waals surface area contributed by atoms with Gasteiger partial charge in [0.05, 0.1) is 32.1 Å². The van der Waals surface area contributed by atoms with E-state index in [2.05, 4.69) is 5.10 Å². The molecule has 0 aliphatic rings. The lowest BCUT2D eigenvalue weighted by molar-refractivity contribution is 0.0656. The third-order valence-corrected chi connectivity index (χ3v) is 2.16. The quantitative estimate of drug-likeness (QED) is 0.703. The monoisotopic (exact) mass is 224 g/mol. The van der Waals surface area contributed by atoms with Gasteiger partial charge in [0, 0.05) is 7.11 Å². The summed E-state index contributed by atoms with van der Waals surface area (Å²) in [4.78, 5) is 0. The predicted molar refractivity (Wildman–Crippen MR) is 58.8 cm³/mol. The Hall–Kier alpha value is -1.58. The van der Waals surface area contributed by atoms with Crippen molar-refractivity contribution >= 4 is 5.82 Å². The average molecular weight is 224 g/mol. The zero-order valence-corrected chi connectivity index (χ0v) is 9.56. The number of nitriles is 1. The highest BCUT2D eigenvalue weighted by atomic mass is 16.5. The molecule has 1 rings (SSSR count). The number of methoxy groups -OCH3 is 1. The number of aromatic nitrogens is 2. The molecule has 1 aromatic heterocycles. The Labute approximate surface area is 94.6 Å². The summed E-state index contributed by atoms with van der Waals surface area (Å²) in [5.74, 6) is 0.398. The van der Waals surface area contributed by atoms with Crippen LogP contribution in [0.1, 0.15) is 11.3 Å². The van der Waals surface area contributed by atoms with Crippen LogP contribution in [0.3, 0.4) is 0 Å². The van der Waals surface area contributed by atoms with Gasteiger partial charge in [-0.05, 0) is 6.92 Å². The molecule has 1 heterocycles. The summed E-state index contributed by atoms with van der Waals surface area (Å²) in [7, 11) is 1.62. The van der Waals surface area contributed by atoms with Crippen molar-refractivity contribution in [3.8, 4) is 6.07 Å². The minimum absolute atomic E-state index is 0.398. The summed E-state index contributed by atoms with van der Waals surface area (Å²) in [5.41, 5.74) is 6.84. The maximum Gasteiger partial charge on any atom is 0.140 e. The number of nitrogens with two attached hydrogens (primary N) is 1. The molecule has 0 bridgehead atoms. The first-order valence-corrected chi connectivity index (χ1v) is 5.00. The fourth-order valence-electron chi connectivity index (χ4n) is 1.30. The summed E-state index contributed by atoms with van der Waals surface area (Å²) < 4.78 is 11.7. The summed E-state index contributed by atoms with van der Waals surface area (Å²) in [5, 5.41) is 13.0. The van der Waals surface area contributed by atoms with E-state index in [1.54, 1.807) is 18.7 Å². The molecule has 6 heteroatoms. The molecule has 0 saturated heterocycles. The Morgan fingerprint density at radius 1 is 1.44 bits per heavy atom. The summed E-state index contributed by atoms with van der Waals surface area (Å²) in [6, 6.07) is 2.03. The third-order valence-electron chi connectivity index (χ3n) is 2.16. The molecule has 0 fully saturated rings. The SMILES string of the molecule is COCCOCCn1nc(C)c(C#N)c1N. The maximum absolute atomic E-state index is 8.82. The largest absolute Gasteiger partial charge is 0.383 e. The van der Waals surface area contributed by atoms with Crippen molar-refractivity contribution in [1.29, 1.82) is 5.26 Å². The van der Waals surface area contributed by atoms with Crippen LogP contribution in [0.25, 0.3) is 0 Å². The van der Waals surface area contributed by atoms with Crippen LogP contribution in [0.15, 0.2) is 0 Å². The van der Waals surface area contributed by atoms with Crippen LogP contribution in [-0.4, -0.2) is 36.7 Å². The average Bonchev–Trinajstić information content (AvgIpc) is 2.53. The number of nitrogen functional groups attached to an aromatic ring is 1. The molecule has 88 valence electrons. The number of ether oxygens (including phenoxy) is 2. The Kier molecular flexibility index (Phi) is 4.76. The number of hydrogen-bond donors (Lipinski definition) is 1. The first-order valence-electron chi connectivity index (χ1n) is 5.00. The van der Waals surface area contributed by atoms with E-state index in [4.69, 9.17) is 20.5 Å². The van der Waals surface area contributed by atoms with Crippen molar-refractivity contribution in [3.63, 3.8) is 0 Å². The molecule has 0 saturated carbocycles. The van der Waals surface area contributed by atoms with Crippen molar-refractivity contribution < 1.29 is 9.47 Å². The minimum atomic E-state index is 0.398. The Balaban J connectivity index is 2.46. The number of rotatable bonds is 6. The summed E-state index contributed by atoms with van der Waals surface area (Å²) in [6.45, 7) is 3.91. The molecule has 0 spiro atoms. The van der Waals surface area contributed by atoms with Crippen molar-refractivity contribution in [2.45, 2.75) is 13.5 Å². The Morgan fingerprint density at radius 2 is 2.19 bits per heavy atom. The molecule has 0 aliphatic heterocycles. The van der Waals surface area contributed by atoms with Gasteiger partial charge in [-0.15, -0.1) is 0 Å². The molecule has 0 atom stereocenters. The molecule has 0 amide bonds. The lowest BCUT2D eigenvalue weighted by atomic mass is 10.3. The van der Waals surface area contributed by atoms with Crippen molar-refractivity contribution in [3.05, 3.63) is 11.3 Å². The second-order valence-electron chi connectivity index (χ2n) is 3.29. The second kappa shape index (κ2) is 6.10. The van der Waals surface area contributed by atoms with Gasteiger partial charge in [0.2, 0.25) is 0 Å². The van der Waals surface area contributed by atoms with Crippen molar-refractivity contribution in [1.82, 2.24) is 9.78 Å². The van der Waals surface area contributed by atoms with Crippen molar-refractivity contribution in [2.24, 2.45) is 0 Å². The first-order chi connectivity index (χ1) is 7.70. The van der Waals surface area contributed by atoms with Gasteiger partial charge in [0.15, 0.2) is 0 Å². The number of nitrogens with zero attached hydrogens (tertiary/aromatic N) is 3. The number of anilines is 1. The van der Waals surface area contributed by atoms with E-state index in [1.165, 1.54) is 0 Å². The minimum Gasteiger partial charge on any atom is -0.383 e. The maximum atomic E-state index is 8.82. The molecular weight excluding hydrogens is 208 g/mol. The van der Waals surface area contributed by atoms with Crippen LogP contribution in [-0.2, 0) is 16.0 Å². The van der Waals surface area contributed by atoms with Gasteiger partial charge in [-0.1, -0.05) is 0 Å². The Morgan fingerprint density at radius 3 is 2.75 bits per heavy atom. The van der Waals surface area contributed by atoms with Crippen LogP contribution < -0.4 is 5.73 Å². The van der Waals surface area contributed by atoms with Gasteiger partial charge in [-0.3, -0.25) is 0 Å². The van der Waals surface area contributed by atoms with E-state index < -0.39 is 0 Å². The van der Waals surface area contributed by atoms with Gasteiger partial charge in [0.1, 0.15) is 17.5 Å². The molecule has 6 nitrogen and oxygen atoms in total. The normalized spacial score (nSPS) is 10.3. The number of hydrogen-bond acceptors (Lipinski definition) is 5. The number of aryl methyl sites for hydroxylation is 1. The fraction of sp³-hybridized carbons (Fsp3) is 0.600. The fourth-order valence-corrected chi connectivity index (χ4v) is 1.30. The highest BCUT2D eigenvalue weighted by Gasteiger charge is 2.10. The van der Waals surface area contributed by atoms with E-state index >= 15 is 0 Å². The zero-order valence-electron chi connectivity index (χ0n) is 9.56. The standard InChI is InChI=1S/C10H16N4O2/c1-8-9(7-11)10(12)14(13-8)3-4-16-6-5-15-2/h3-6,12H2,1-2H3. The molecule has 0 aromatic carbocycles. The molecule has 0 aliphatic carbocycles. The highest BCUT2D eigenvalue weighted by Crippen LogP contribution is 2.14. The lowest BCUT2D eigenvalue weighted by Crippen LogP contribution is -2.12. The molecule has 0 unspecified atom stereocenters. The predicted octanol–water partition coefficient (Wildman–Crippen LogP) is 0.308. The third kappa shape index (κ3) is 2.95. The van der Waals surface area contributed by atoms with Crippen LogP contribution >= 0.6 is 0 Å². The molecule has 2 N–H and O–H groups in total. The van der Waals surface area contributed by atoms with Gasteiger partial charge < -0.3 is 15.2 Å². The van der Waals surface area contributed by atoms with Crippen LogP contribution in [0.4, 0.5) is 5.82 Å². The smallest absolute Gasteiger partial charge is 0.140 e. The van der Waals surface area contributed by atoms with Crippen molar-refractivity contribution in [2.75, 3.05) is 32.7 Å². The first kappa shape index (κ1) is 12.5. The van der Waals surface area contributed by atoms with Gasteiger partial charge >= 0.3 is 0 Å². The van der Waals surface area contributed by atoms with E-state index in [-0.39, 0.29) is 0 Å². The van der Waals surface area contributed by atoms with E-state index in [0.717, 1.165) is 0 Å². The van der Waals surface area contributed by atoms with Crippen LogP contribution in [0.2, 0.25) is 0 Å². The molecule has 16 heavy (non-hydrogen) atoms. The molecule has 0 radical (unpaired) electrons. The van der Waals surface area contributed by atoms with E-state index in [1.807, 2.05) is 6.07 Å². The summed E-state index contributed by atoms with van der Waals surface area (Å²) >= 11 is 0. The van der Waals surface area contributed by atoms with E-state index in [9.17, 15) is 0 Å². The highest BCUT2D eigenvalue weighted by molar-refractivity contribution is 5.51. The second-order valence-corrected chi connectivity index (χ2v) is 3.29. The summed E-state index contributed by atoms with van der Waals surface area (Å²) in [6.07, 6.45) is 0. The van der Waals surface area contributed by atoms with Crippen LogP contribution in [0, 0.1) is 18.3 Å². The lowest BCUT2D eigenvalue weighted by Gasteiger charge is -2.05. The molecule has 1 aromatic rings.